The molecule has 0 bridgehead atoms. The number of carbonyl (C=O) groups is 2. The first kappa shape index (κ1) is 22.5. The fourth-order valence-corrected chi connectivity index (χ4v) is 4.79. The predicted molar refractivity (Wildman–Crippen MR) is 129 cm³/mol. The summed E-state index contributed by atoms with van der Waals surface area (Å²) in [6, 6.07) is 21.0. The van der Waals surface area contributed by atoms with Crippen LogP contribution in [0.3, 0.4) is 0 Å². The highest BCUT2D eigenvalue weighted by Gasteiger charge is 2.25. The largest absolute Gasteiger partial charge is 0.326 e. The van der Waals surface area contributed by atoms with E-state index in [1.54, 1.807) is 42.2 Å². The topological polar surface area (TPSA) is 95.6 Å². The summed E-state index contributed by atoms with van der Waals surface area (Å²) in [6.45, 7) is 2.21. The van der Waals surface area contributed by atoms with Gasteiger partial charge in [-0.25, -0.2) is 8.42 Å². The van der Waals surface area contributed by atoms with Gasteiger partial charge in [0, 0.05) is 29.9 Å². The molecule has 2 N–H and O–H groups in total. The molecule has 33 heavy (non-hydrogen) atoms. The summed E-state index contributed by atoms with van der Waals surface area (Å²) in [5, 5.41) is 2.69. The molecule has 0 saturated heterocycles. The van der Waals surface area contributed by atoms with Crippen molar-refractivity contribution in [2.75, 3.05) is 14.9 Å². The molecule has 4 rings (SSSR count). The van der Waals surface area contributed by atoms with Gasteiger partial charge in [0.25, 0.3) is 10.0 Å². The SMILES string of the molecule is CCC(=O)Nc1ccc(S(=O)(=O)Nc2ccc3c(c2)CCC(=O)N3Cc2ccccc2)cc1. The average molecular weight is 464 g/mol. The smallest absolute Gasteiger partial charge is 0.261 e. The molecule has 0 saturated carbocycles. The Labute approximate surface area is 193 Å². The second-order valence-electron chi connectivity index (χ2n) is 7.84. The van der Waals surface area contributed by atoms with E-state index in [9.17, 15) is 18.0 Å². The molecule has 0 aliphatic carbocycles. The van der Waals surface area contributed by atoms with Gasteiger partial charge in [-0.05, 0) is 60.0 Å². The molecule has 0 radical (unpaired) electrons. The van der Waals surface area contributed by atoms with E-state index in [0.717, 1.165) is 16.8 Å². The molecule has 0 unspecified atom stereocenters. The first-order chi connectivity index (χ1) is 15.9. The summed E-state index contributed by atoms with van der Waals surface area (Å²) in [5.74, 6) is -0.0903. The second kappa shape index (κ2) is 9.46. The van der Waals surface area contributed by atoms with Crippen LogP contribution in [0.5, 0.6) is 0 Å². The zero-order chi connectivity index (χ0) is 23.4. The molecule has 170 valence electrons. The summed E-state index contributed by atoms with van der Waals surface area (Å²) < 4.78 is 28.3. The van der Waals surface area contributed by atoms with Gasteiger partial charge in [0.1, 0.15) is 0 Å². The number of nitrogens with zero attached hydrogens (tertiary/aromatic N) is 1. The Morgan fingerprint density at radius 3 is 2.33 bits per heavy atom. The molecule has 1 heterocycles. The minimum atomic E-state index is -3.81. The summed E-state index contributed by atoms with van der Waals surface area (Å²) >= 11 is 0. The van der Waals surface area contributed by atoms with Crippen LogP contribution in [0.4, 0.5) is 17.1 Å². The molecular weight excluding hydrogens is 438 g/mol. The fourth-order valence-electron chi connectivity index (χ4n) is 3.74. The molecule has 7 nitrogen and oxygen atoms in total. The van der Waals surface area contributed by atoms with Crippen LogP contribution in [0, 0.1) is 0 Å². The quantitative estimate of drug-likeness (QED) is 0.546. The summed E-state index contributed by atoms with van der Waals surface area (Å²) in [7, 11) is -3.81. The van der Waals surface area contributed by atoms with Crippen molar-refractivity contribution >= 4 is 38.9 Å². The lowest BCUT2D eigenvalue weighted by molar-refractivity contribution is -0.119. The van der Waals surface area contributed by atoms with Crippen molar-refractivity contribution in [3.8, 4) is 0 Å². The molecule has 0 spiro atoms. The maximum atomic E-state index is 12.9. The Morgan fingerprint density at radius 2 is 1.64 bits per heavy atom. The van der Waals surface area contributed by atoms with Crippen LogP contribution in [0.2, 0.25) is 0 Å². The fraction of sp³-hybridized carbons (Fsp3) is 0.200. The Hall–Kier alpha value is -3.65. The van der Waals surface area contributed by atoms with Gasteiger partial charge in [-0.3, -0.25) is 14.3 Å². The minimum absolute atomic E-state index is 0.0509. The number of hydrogen-bond donors (Lipinski definition) is 2. The summed E-state index contributed by atoms with van der Waals surface area (Å²) in [4.78, 5) is 25.9. The molecule has 1 aliphatic rings. The van der Waals surface area contributed by atoms with E-state index in [1.165, 1.54) is 12.1 Å². The van der Waals surface area contributed by atoms with E-state index in [-0.39, 0.29) is 16.7 Å². The van der Waals surface area contributed by atoms with Crippen molar-refractivity contribution in [3.63, 3.8) is 0 Å². The average Bonchev–Trinajstić information content (AvgIpc) is 2.81. The monoisotopic (exact) mass is 463 g/mol. The number of sulfonamides is 1. The first-order valence-corrected chi connectivity index (χ1v) is 12.2. The normalized spacial score (nSPS) is 13.4. The Kier molecular flexibility index (Phi) is 6.46. The molecule has 8 heteroatoms. The van der Waals surface area contributed by atoms with Gasteiger partial charge >= 0.3 is 0 Å². The molecule has 2 amide bonds. The van der Waals surface area contributed by atoms with Crippen LogP contribution in [0.15, 0.2) is 77.7 Å². The van der Waals surface area contributed by atoms with Crippen LogP contribution < -0.4 is 14.9 Å². The van der Waals surface area contributed by atoms with E-state index < -0.39 is 10.0 Å². The van der Waals surface area contributed by atoms with Gasteiger partial charge in [-0.2, -0.15) is 0 Å². The number of hydrogen-bond acceptors (Lipinski definition) is 4. The highest BCUT2D eigenvalue weighted by atomic mass is 32.2. The van der Waals surface area contributed by atoms with Gasteiger partial charge in [0.2, 0.25) is 11.8 Å². The number of anilines is 3. The number of aryl methyl sites for hydroxylation is 1. The van der Waals surface area contributed by atoms with Crippen LogP contribution in [-0.4, -0.2) is 20.2 Å². The van der Waals surface area contributed by atoms with Crippen molar-refractivity contribution in [1.82, 2.24) is 0 Å². The van der Waals surface area contributed by atoms with Crippen molar-refractivity contribution < 1.29 is 18.0 Å². The number of rotatable bonds is 7. The van der Waals surface area contributed by atoms with Gasteiger partial charge in [-0.15, -0.1) is 0 Å². The maximum absolute atomic E-state index is 12.9. The minimum Gasteiger partial charge on any atom is -0.326 e. The second-order valence-corrected chi connectivity index (χ2v) is 9.52. The Bertz CT molecular complexity index is 1270. The lowest BCUT2D eigenvalue weighted by atomic mass is 10.00. The third-order valence-corrected chi connectivity index (χ3v) is 6.88. The number of fused-ring (bicyclic) bond motifs is 1. The zero-order valence-electron chi connectivity index (χ0n) is 18.2. The molecule has 0 aromatic heterocycles. The highest BCUT2D eigenvalue weighted by Crippen LogP contribution is 2.32. The van der Waals surface area contributed by atoms with Crippen LogP contribution >= 0.6 is 0 Å². The van der Waals surface area contributed by atoms with Crippen molar-refractivity contribution in [2.45, 2.75) is 37.6 Å². The summed E-state index contributed by atoms with van der Waals surface area (Å²) in [6.07, 6.45) is 1.27. The molecule has 0 fully saturated rings. The zero-order valence-corrected chi connectivity index (χ0v) is 19.1. The summed E-state index contributed by atoms with van der Waals surface area (Å²) in [5.41, 5.74) is 3.73. The van der Waals surface area contributed by atoms with Gasteiger partial charge in [-0.1, -0.05) is 37.3 Å². The van der Waals surface area contributed by atoms with Gasteiger partial charge in [0.05, 0.1) is 11.4 Å². The van der Waals surface area contributed by atoms with Crippen LogP contribution in [-0.2, 0) is 32.6 Å². The Morgan fingerprint density at radius 1 is 0.939 bits per heavy atom. The molecule has 1 aliphatic heterocycles. The van der Waals surface area contributed by atoms with Crippen molar-refractivity contribution in [1.29, 1.82) is 0 Å². The highest BCUT2D eigenvalue weighted by molar-refractivity contribution is 7.92. The van der Waals surface area contributed by atoms with Crippen LogP contribution in [0.1, 0.15) is 30.9 Å². The third-order valence-electron chi connectivity index (χ3n) is 5.48. The number of nitrogens with one attached hydrogen (secondary N) is 2. The van der Waals surface area contributed by atoms with Crippen LogP contribution in [0.25, 0.3) is 0 Å². The van der Waals surface area contributed by atoms with Crippen molar-refractivity contribution in [2.24, 2.45) is 0 Å². The number of amides is 2. The lowest BCUT2D eigenvalue weighted by Crippen LogP contribution is -2.34. The van der Waals surface area contributed by atoms with E-state index in [4.69, 9.17) is 0 Å². The van der Waals surface area contributed by atoms with E-state index in [1.807, 2.05) is 30.3 Å². The standard InChI is InChI=1S/C25H25N3O4S/c1-2-24(29)26-20-9-12-22(13-10-20)33(31,32)27-21-11-14-23-19(16-21)8-15-25(30)28(23)17-18-6-4-3-5-7-18/h3-7,9-14,16,27H,2,8,15,17H2,1H3,(H,26,29). The van der Waals surface area contributed by atoms with E-state index in [0.29, 0.717) is 37.2 Å². The van der Waals surface area contributed by atoms with Gasteiger partial charge in [0.15, 0.2) is 0 Å². The van der Waals surface area contributed by atoms with E-state index in [2.05, 4.69) is 10.0 Å². The lowest BCUT2D eigenvalue weighted by Gasteiger charge is -2.30. The van der Waals surface area contributed by atoms with E-state index >= 15 is 0 Å². The number of carbonyl (C=O) groups excluding carboxylic acids is 2. The molecular formula is C25H25N3O4S. The maximum Gasteiger partial charge on any atom is 0.261 e. The third kappa shape index (κ3) is 5.23. The molecule has 0 atom stereocenters. The molecule has 3 aromatic carbocycles. The molecule has 3 aromatic rings. The Balaban J connectivity index is 1.52. The first-order valence-electron chi connectivity index (χ1n) is 10.8. The van der Waals surface area contributed by atoms with Gasteiger partial charge < -0.3 is 10.2 Å². The van der Waals surface area contributed by atoms with Crippen molar-refractivity contribution in [3.05, 3.63) is 83.9 Å². The predicted octanol–water partition coefficient (Wildman–Crippen LogP) is 4.32. The number of benzene rings is 3.